The first-order chi connectivity index (χ1) is 10.0. The summed E-state index contributed by atoms with van der Waals surface area (Å²) in [4.78, 5) is 23.7. The number of nitrogens with one attached hydrogen (secondary N) is 1. The van der Waals surface area contributed by atoms with E-state index in [1.54, 1.807) is 19.1 Å². The molecule has 0 spiro atoms. The number of amides is 1. The van der Waals surface area contributed by atoms with Crippen LogP contribution >= 0.6 is 0 Å². The Morgan fingerprint density at radius 2 is 1.81 bits per heavy atom. The Labute approximate surface area is 126 Å². The zero-order valence-corrected chi connectivity index (χ0v) is 13.1. The summed E-state index contributed by atoms with van der Waals surface area (Å²) in [5, 5.41) is 2.65. The Balaban J connectivity index is 2.34. The number of aryl methyl sites for hydroxylation is 1. The van der Waals surface area contributed by atoms with Crippen LogP contribution < -0.4 is 5.32 Å². The van der Waals surface area contributed by atoms with Crippen LogP contribution in [0.3, 0.4) is 0 Å². The summed E-state index contributed by atoms with van der Waals surface area (Å²) in [5.74, 6) is -0.641. The summed E-state index contributed by atoms with van der Waals surface area (Å²) in [6.07, 6.45) is 4.24. The maximum absolute atomic E-state index is 12.0. The van der Waals surface area contributed by atoms with E-state index in [9.17, 15) is 9.59 Å². The molecule has 0 saturated carbocycles. The topological polar surface area (TPSA) is 55.4 Å². The lowest BCUT2D eigenvalue weighted by Gasteiger charge is -2.13. The molecule has 0 saturated heterocycles. The largest absolute Gasteiger partial charge is 0.464 e. The van der Waals surface area contributed by atoms with Crippen molar-refractivity contribution >= 4 is 11.9 Å². The second kappa shape index (κ2) is 9.16. The predicted octanol–water partition coefficient (Wildman–Crippen LogP) is 3.24. The molecular formula is C17H25NO3. The quantitative estimate of drug-likeness (QED) is 0.591. The van der Waals surface area contributed by atoms with Gasteiger partial charge in [0, 0.05) is 5.56 Å². The van der Waals surface area contributed by atoms with Gasteiger partial charge in [0.15, 0.2) is 0 Å². The van der Waals surface area contributed by atoms with E-state index in [-0.39, 0.29) is 11.9 Å². The van der Waals surface area contributed by atoms with E-state index in [0.717, 1.165) is 31.2 Å². The standard InChI is InChI=1S/C17H25NO3/c1-4-5-6-7-12-21-17(20)14(3)18-16(19)15-10-8-13(2)9-11-15/h8-11,14H,4-7,12H2,1-3H3,(H,18,19)/t14-/m0/s1. The van der Waals surface area contributed by atoms with Crippen LogP contribution in [0.25, 0.3) is 0 Å². The van der Waals surface area contributed by atoms with Gasteiger partial charge in [-0.05, 0) is 32.4 Å². The van der Waals surface area contributed by atoms with Crippen molar-refractivity contribution in [1.29, 1.82) is 0 Å². The average molecular weight is 291 g/mol. The fourth-order valence-corrected chi connectivity index (χ4v) is 1.87. The Bertz CT molecular complexity index is 454. The first-order valence-electron chi connectivity index (χ1n) is 7.58. The van der Waals surface area contributed by atoms with Gasteiger partial charge in [0.25, 0.3) is 5.91 Å². The van der Waals surface area contributed by atoms with Crippen molar-refractivity contribution in [3.63, 3.8) is 0 Å². The van der Waals surface area contributed by atoms with Crippen molar-refractivity contribution in [3.8, 4) is 0 Å². The molecule has 0 unspecified atom stereocenters. The first-order valence-corrected chi connectivity index (χ1v) is 7.58. The summed E-state index contributed by atoms with van der Waals surface area (Å²) >= 11 is 0. The number of rotatable bonds is 8. The van der Waals surface area contributed by atoms with Crippen LogP contribution in [0.4, 0.5) is 0 Å². The number of esters is 1. The molecule has 116 valence electrons. The van der Waals surface area contributed by atoms with Crippen LogP contribution in [0.15, 0.2) is 24.3 Å². The highest BCUT2D eigenvalue weighted by molar-refractivity contribution is 5.96. The molecule has 21 heavy (non-hydrogen) atoms. The van der Waals surface area contributed by atoms with E-state index in [0.29, 0.717) is 12.2 Å². The number of carbonyl (C=O) groups is 2. The van der Waals surface area contributed by atoms with Gasteiger partial charge in [0.1, 0.15) is 6.04 Å². The van der Waals surface area contributed by atoms with Gasteiger partial charge in [-0.1, -0.05) is 43.9 Å². The second-order valence-corrected chi connectivity index (χ2v) is 5.29. The third-order valence-electron chi connectivity index (χ3n) is 3.26. The van der Waals surface area contributed by atoms with Crippen molar-refractivity contribution in [2.24, 2.45) is 0 Å². The van der Waals surface area contributed by atoms with Gasteiger partial charge >= 0.3 is 5.97 Å². The Morgan fingerprint density at radius 3 is 2.43 bits per heavy atom. The molecule has 0 aliphatic rings. The zero-order valence-electron chi connectivity index (χ0n) is 13.1. The van der Waals surface area contributed by atoms with Gasteiger partial charge in [-0.3, -0.25) is 4.79 Å². The van der Waals surface area contributed by atoms with E-state index in [2.05, 4.69) is 12.2 Å². The lowest BCUT2D eigenvalue weighted by Crippen LogP contribution is -2.39. The van der Waals surface area contributed by atoms with E-state index in [1.807, 2.05) is 19.1 Å². The third-order valence-corrected chi connectivity index (χ3v) is 3.26. The molecule has 1 aromatic carbocycles. The average Bonchev–Trinajstić information content (AvgIpc) is 2.47. The number of hydrogen-bond acceptors (Lipinski definition) is 3. The summed E-state index contributed by atoms with van der Waals surface area (Å²) in [6, 6.07) is 6.59. The summed E-state index contributed by atoms with van der Waals surface area (Å²) in [5.41, 5.74) is 1.63. The first kappa shape index (κ1) is 17.2. The number of ether oxygens (including phenoxy) is 1. The molecule has 0 heterocycles. The van der Waals surface area contributed by atoms with Crippen molar-refractivity contribution in [2.75, 3.05) is 6.61 Å². The van der Waals surface area contributed by atoms with Gasteiger partial charge in [-0.25, -0.2) is 4.79 Å². The fourth-order valence-electron chi connectivity index (χ4n) is 1.87. The molecule has 1 atom stereocenters. The highest BCUT2D eigenvalue weighted by Gasteiger charge is 2.17. The van der Waals surface area contributed by atoms with Gasteiger partial charge < -0.3 is 10.1 Å². The zero-order chi connectivity index (χ0) is 15.7. The molecule has 4 nitrogen and oxygen atoms in total. The van der Waals surface area contributed by atoms with E-state index in [1.165, 1.54) is 0 Å². The van der Waals surface area contributed by atoms with Crippen molar-refractivity contribution < 1.29 is 14.3 Å². The maximum atomic E-state index is 12.0. The Hall–Kier alpha value is -1.84. The second-order valence-electron chi connectivity index (χ2n) is 5.29. The van der Waals surface area contributed by atoms with Crippen LogP contribution in [-0.4, -0.2) is 24.5 Å². The van der Waals surface area contributed by atoms with Crippen LogP contribution in [0, 0.1) is 6.92 Å². The van der Waals surface area contributed by atoms with Crippen LogP contribution in [0.5, 0.6) is 0 Å². The van der Waals surface area contributed by atoms with Crippen molar-refractivity contribution in [1.82, 2.24) is 5.32 Å². The lowest BCUT2D eigenvalue weighted by molar-refractivity contribution is -0.145. The number of benzene rings is 1. The van der Waals surface area contributed by atoms with Crippen LogP contribution in [0.1, 0.15) is 55.5 Å². The van der Waals surface area contributed by atoms with Gasteiger partial charge in [-0.15, -0.1) is 0 Å². The molecular weight excluding hydrogens is 266 g/mol. The van der Waals surface area contributed by atoms with E-state index in [4.69, 9.17) is 4.74 Å². The van der Waals surface area contributed by atoms with Crippen LogP contribution in [-0.2, 0) is 9.53 Å². The molecule has 0 radical (unpaired) electrons. The minimum Gasteiger partial charge on any atom is -0.464 e. The van der Waals surface area contributed by atoms with E-state index < -0.39 is 6.04 Å². The predicted molar refractivity (Wildman–Crippen MR) is 83.2 cm³/mol. The molecule has 1 N–H and O–H groups in total. The van der Waals surface area contributed by atoms with Crippen LogP contribution in [0.2, 0.25) is 0 Å². The maximum Gasteiger partial charge on any atom is 0.328 e. The Morgan fingerprint density at radius 1 is 1.14 bits per heavy atom. The highest BCUT2D eigenvalue weighted by atomic mass is 16.5. The number of hydrogen-bond donors (Lipinski definition) is 1. The molecule has 1 aromatic rings. The number of unbranched alkanes of at least 4 members (excludes halogenated alkanes) is 3. The smallest absolute Gasteiger partial charge is 0.328 e. The normalized spacial score (nSPS) is 11.8. The van der Waals surface area contributed by atoms with E-state index >= 15 is 0 Å². The lowest BCUT2D eigenvalue weighted by atomic mass is 10.1. The monoisotopic (exact) mass is 291 g/mol. The number of carbonyl (C=O) groups excluding carboxylic acids is 2. The minimum atomic E-state index is -0.634. The van der Waals surface area contributed by atoms with Crippen molar-refractivity contribution in [3.05, 3.63) is 35.4 Å². The molecule has 0 aromatic heterocycles. The molecule has 1 rings (SSSR count). The summed E-state index contributed by atoms with van der Waals surface area (Å²) in [6.45, 7) is 6.15. The summed E-state index contributed by atoms with van der Waals surface area (Å²) < 4.78 is 5.15. The molecule has 1 amide bonds. The van der Waals surface area contributed by atoms with Crippen molar-refractivity contribution in [2.45, 2.75) is 52.5 Å². The minimum absolute atomic E-state index is 0.259. The van der Waals surface area contributed by atoms with Gasteiger partial charge in [0.2, 0.25) is 0 Å². The molecule has 0 bridgehead atoms. The third kappa shape index (κ3) is 6.43. The van der Waals surface area contributed by atoms with Gasteiger partial charge in [0.05, 0.1) is 6.61 Å². The molecule has 0 aliphatic heterocycles. The summed E-state index contributed by atoms with van der Waals surface area (Å²) in [7, 11) is 0. The Kier molecular flexibility index (Phi) is 7.51. The highest BCUT2D eigenvalue weighted by Crippen LogP contribution is 2.04. The molecule has 4 heteroatoms. The SMILES string of the molecule is CCCCCCOC(=O)[C@H](C)NC(=O)c1ccc(C)cc1. The fraction of sp³-hybridized carbons (Fsp3) is 0.529. The van der Waals surface area contributed by atoms with Gasteiger partial charge in [-0.2, -0.15) is 0 Å². The molecule has 0 aliphatic carbocycles. The molecule has 0 fully saturated rings.